The Morgan fingerprint density at radius 3 is 2.20 bits per heavy atom. The molecule has 0 saturated heterocycles. The second-order valence-electron chi connectivity index (χ2n) is 1.66. The minimum atomic E-state index is -1.42. The van der Waals surface area contributed by atoms with Crippen molar-refractivity contribution in [3.63, 3.8) is 0 Å². The molecule has 7 nitrogen and oxygen atoms in total. The first-order valence-electron chi connectivity index (χ1n) is 4.54. The Bertz CT molecular complexity index is 280. The van der Waals surface area contributed by atoms with E-state index < -0.39 is 22.4 Å². The summed E-state index contributed by atoms with van der Waals surface area (Å²) in [6.07, 6.45) is 0.960. The van der Waals surface area contributed by atoms with E-state index in [1.807, 2.05) is 27.7 Å². The van der Waals surface area contributed by atoms with Gasteiger partial charge in [-0.2, -0.15) is 0 Å². The second kappa shape index (κ2) is 8.67. The van der Waals surface area contributed by atoms with Crippen molar-refractivity contribution < 1.29 is 14.8 Å². The number of aromatic amines is 1. The summed E-state index contributed by atoms with van der Waals surface area (Å²) >= 11 is 0. The smallest absolute Gasteiger partial charge is 0.363 e. The second-order valence-corrected chi connectivity index (χ2v) is 1.66. The van der Waals surface area contributed by atoms with Crippen LogP contribution in [0, 0.1) is 10.1 Å². The van der Waals surface area contributed by atoms with E-state index >= 15 is 0 Å². The van der Waals surface area contributed by atoms with Crippen molar-refractivity contribution in [3.05, 3.63) is 22.1 Å². The number of carbonyl (C=O) groups is 1. The van der Waals surface area contributed by atoms with Crippen LogP contribution in [0.4, 0.5) is 5.82 Å². The zero-order valence-corrected chi connectivity index (χ0v) is 9.14. The monoisotopic (exact) mass is 217 g/mol. The number of rotatable bonds is 2. The van der Waals surface area contributed by atoms with Gasteiger partial charge in [0, 0.05) is 0 Å². The van der Waals surface area contributed by atoms with E-state index in [1.165, 1.54) is 0 Å². The number of aromatic carboxylic acids is 1. The lowest BCUT2D eigenvalue weighted by Gasteiger charge is -1.89. The van der Waals surface area contributed by atoms with Gasteiger partial charge in [-0.15, -0.1) is 0 Å². The number of hydrogen-bond donors (Lipinski definition) is 2. The first kappa shape index (κ1) is 15.5. The molecule has 0 radical (unpaired) electrons. The van der Waals surface area contributed by atoms with E-state index in [9.17, 15) is 14.9 Å². The zero-order chi connectivity index (χ0) is 12.4. The number of H-pyrrole nitrogens is 1. The Balaban J connectivity index is 0. The lowest BCUT2D eigenvalue weighted by Crippen LogP contribution is -2.01. The lowest BCUT2D eigenvalue weighted by molar-refractivity contribution is -0.389. The summed E-state index contributed by atoms with van der Waals surface area (Å²) in [6, 6.07) is 0. The van der Waals surface area contributed by atoms with Gasteiger partial charge in [0.2, 0.25) is 5.69 Å². The summed E-state index contributed by atoms with van der Waals surface area (Å²) in [7, 11) is 0. The van der Waals surface area contributed by atoms with Crippen LogP contribution in [0.25, 0.3) is 0 Å². The van der Waals surface area contributed by atoms with Gasteiger partial charge < -0.3 is 15.2 Å². The largest absolute Gasteiger partial charge is 0.476 e. The third-order valence-electron chi connectivity index (χ3n) is 1.00. The van der Waals surface area contributed by atoms with E-state index in [1.54, 1.807) is 0 Å². The van der Waals surface area contributed by atoms with Crippen LogP contribution in [0.3, 0.4) is 0 Å². The fourth-order valence-corrected chi connectivity index (χ4v) is 0.583. The van der Waals surface area contributed by atoms with Gasteiger partial charge in [0.15, 0.2) is 6.33 Å². The molecular weight excluding hydrogens is 202 g/mol. The molecule has 0 spiro atoms. The molecule has 86 valence electrons. The number of carboxylic acids is 1. The van der Waals surface area contributed by atoms with Crippen LogP contribution in [0.2, 0.25) is 0 Å². The standard InChI is InChI=1S/C4H3N3O4.2C2H6/c8-4(9)2-3(7(10)11)6-1-5-2;2*1-2/h1H,(H,5,6)(H,8,9);2*1-2H3. The highest BCUT2D eigenvalue weighted by Gasteiger charge is 2.21. The van der Waals surface area contributed by atoms with E-state index in [0.717, 1.165) is 6.33 Å². The Morgan fingerprint density at radius 2 is 1.93 bits per heavy atom. The minimum absolute atomic E-state index is 0.574. The van der Waals surface area contributed by atoms with Gasteiger partial charge in [-0.25, -0.2) is 14.8 Å². The number of nitro groups is 1. The van der Waals surface area contributed by atoms with Crippen molar-refractivity contribution in [3.8, 4) is 0 Å². The van der Waals surface area contributed by atoms with Crippen LogP contribution >= 0.6 is 0 Å². The molecule has 0 saturated carbocycles. The fourth-order valence-electron chi connectivity index (χ4n) is 0.583. The molecule has 0 aromatic carbocycles. The quantitative estimate of drug-likeness (QED) is 0.582. The van der Waals surface area contributed by atoms with Crippen LogP contribution in [-0.4, -0.2) is 26.0 Å². The number of carboxylic acid groups (broad SMARTS) is 1. The molecule has 1 rings (SSSR count). The van der Waals surface area contributed by atoms with Crippen molar-refractivity contribution in [2.45, 2.75) is 27.7 Å². The molecule has 0 amide bonds. The Kier molecular flexibility index (Phi) is 8.98. The van der Waals surface area contributed by atoms with E-state index in [2.05, 4.69) is 9.97 Å². The van der Waals surface area contributed by atoms with Crippen molar-refractivity contribution in [1.82, 2.24) is 9.97 Å². The molecule has 0 fully saturated rings. The molecule has 7 heteroatoms. The zero-order valence-electron chi connectivity index (χ0n) is 9.14. The van der Waals surface area contributed by atoms with Gasteiger partial charge in [0.25, 0.3) is 0 Å². The number of imidazole rings is 1. The van der Waals surface area contributed by atoms with Crippen molar-refractivity contribution in [2.24, 2.45) is 0 Å². The molecule has 0 atom stereocenters. The molecule has 0 aliphatic carbocycles. The van der Waals surface area contributed by atoms with Gasteiger partial charge in [0.05, 0.1) is 0 Å². The Morgan fingerprint density at radius 1 is 1.47 bits per heavy atom. The average Bonchev–Trinajstić information content (AvgIpc) is 2.72. The van der Waals surface area contributed by atoms with Gasteiger partial charge in [0.1, 0.15) is 0 Å². The average molecular weight is 217 g/mol. The highest BCUT2D eigenvalue weighted by Crippen LogP contribution is 2.10. The van der Waals surface area contributed by atoms with Gasteiger partial charge in [-0.3, -0.25) is 0 Å². The van der Waals surface area contributed by atoms with Crippen molar-refractivity contribution in [2.75, 3.05) is 0 Å². The Hall–Kier alpha value is -1.92. The number of nitrogens with one attached hydrogen (secondary N) is 1. The highest BCUT2D eigenvalue weighted by molar-refractivity contribution is 5.89. The maximum Gasteiger partial charge on any atom is 0.363 e. The molecule has 2 N–H and O–H groups in total. The summed E-state index contributed by atoms with van der Waals surface area (Å²) in [5.41, 5.74) is -0.574. The molecular formula is C8H15N3O4. The molecule has 0 aliphatic rings. The van der Waals surface area contributed by atoms with Crippen molar-refractivity contribution in [1.29, 1.82) is 0 Å². The Labute approximate surface area is 87.3 Å². The fraction of sp³-hybridized carbons (Fsp3) is 0.500. The topological polar surface area (TPSA) is 109 Å². The van der Waals surface area contributed by atoms with Crippen LogP contribution in [0.5, 0.6) is 0 Å². The maximum atomic E-state index is 10.2. The van der Waals surface area contributed by atoms with Crippen molar-refractivity contribution >= 4 is 11.8 Å². The SMILES string of the molecule is CC.CC.O=C(O)c1nc[nH]c1[N+](=O)[O-]. The first-order chi connectivity index (χ1) is 7.13. The van der Waals surface area contributed by atoms with Crippen LogP contribution < -0.4 is 0 Å². The summed E-state index contributed by atoms with van der Waals surface area (Å²) in [4.78, 5) is 24.8. The number of aromatic nitrogens is 2. The molecule has 15 heavy (non-hydrogen) atoms. The molecule has 1 aromatic heterocycles. The summed E-state index contributed by atoms with van der Waals surface area (Å²) in [5, 5.41) is 18.4. The van der Waals surface area contributed by atoms with Gasteiger partial charge in [-0.1, -0.05) is 27.7 Å². The van der Waals surface area contributed by atoms with Crippen LogP contribution in [0.1, 0.15) is 38.2 Å². The summed E-state index contributed by atoms with van der Waals surface area (Å²) in [5.74, 6) is -2.02. The molecule has 0 aliphatic heterocycles. The number of hydrogen-bond acceptors (Lipinski definition) is 4. The maximum absolute atomic E-state index is 10.2. The minimum Gasteiger partial charge on any atom is -0.476 e. The van der Waals surface area contributed by atoms with Crippen LogP contribution in [0.15, 0.2) is 6.33 Å². The highest BCUT2D eigenvalue weighted by atomic mass is 16.6. The van der Waals surface area contributed by atoms with E-state index in [4.69, 9.17) is 5.11 Å². The molecule has 0 bridgehead atoms. The van der Waals surface area contributed by atoms with Crippen LogP contribution in [-0.2, 0) is 0 Å². The third kappa shape index (κ3) is 4.75. The predicted molar refractivity (Wildman–Crippen MR) is 54.9 cm³/mol. The van der Waals surface area contributed by atoms with E-state index in [-0.39, 0.29) is 0 Å². The summed E-state index contributed by atoms with van der Waals surface area (Å²) < 4.78 is 0. The molecule has 0 unspecified atom stereocenters. The molecule has 1 heterocycles. The number of nitrogens with zero attached hydrogens (tertiary/aromatic N) is 2. The third-order valence-corrected chi connectivity index (χ3v) is 1.00. The first-order valence-corrected chi connectivity index (χ1v) is 4.54. The normalized spacial score (nSPS) is 7.73. The lowest BCUT2D eigenvalue weighted by atomic mass is 10.4. The van der Waals surface area contributed by atoms with Gasteiger partial charge in [-0.05, 0) is 4.92 Å². The summed E-state index contributed by atoms with van der Waals surface area (Å²) in [6.45, 7) is 8.00. The molecule has 1 aromatic rings. The predicted octanol–water partition coefficient (Wildman–Crippen LogP) is 2.07. The van der Waals surface area contributed by atoms with E-state index in [0.29, 0.717) is 0 Å². The van der Waals surface area contributed by atoms with Gasteiger partial charge >= 0.3 is 11.8 Å².